The second kappa shape index (κ2) is 12.9. The minimum Gasteiger partial charge on any atom is -0.396 e. The smallest absolute Gasteiger partial charge is 0.0582 e. The Morgan fingerprint density at radius 3 is 2.12 bits per heavy atom. The largest absolute Gasteiger partial charge is 0.396 e. The normalized spacial score (nSPS) is 12.9. The molecule has 0 aliphatic carbocycles. The molecule has 0 aromatic carbocycles. The van der Waals surface area contributed by atoms with Crippen LogP contribution < -0.4 is 11.1 Å². The summed E-state index contributed by atoms with van der Waals surface area (Å²) in [5.41, 5.74) is 5.59. The molecule has 0 aromatic rings. The highest BCUT2D eigenvalue weighted by molar-refractivity contribution is 4.59. The van der Waals surface area contributed by atoms with E-state index in [1.165, 1.54) is 12.8 Å². The molecule has 0 bridgehead atoms. The Labute approximate surface area is 99.2 Å². The van der Waals surface area contributed by atoms with Crippen LogP contribution in [0.2, 0.25) is 0 Å². The van der Waals surface area contributed by atoms with Gasteiger partial charge in [-0.1, -0.05) is 19.3 Å². The van der Waals surface area contributed by atoms with Gasteiger partial charge in [0.05, 0.1) is 6.61 Å². The van der Waals surface area contributed by atoms with Crippen molar-refractivity contribution in [1.29, 1.82) is 0 Å². The van der Waals surface area contributed by atoms with Crippen molar-refractivity contribution < 1.29 is 10.2 Å². The first kappa shape index (κ1) is 15.8. The van der Waals surface area contributed by atoms with Gasteiger partial charge in [0.25, 0.3) is 0 Å². The van der Waals surface area contributed by atoms with E-state index in [-0.39, 0.29) is 12.6 Å². The Morgan fingerprint density at radius 2 is 1.50 bits per heavy atom. The topological polar surface area (TPSA) is 78.5 Å². The summed E-state index contributed by atoms with van der Waals surface area (Å²) in [6.45, 7) is 2.52. The van der Waals surface area contributed by atoms with E-state index in [9.17, 15) is 0 Å². The van der Waals surface area contributed by atoms with E-state index in [0.717, 1.165) is 45.2 Å². The third-order valence-corrected chi connectivity index (χ3v) is 2.67. The van der Waals surface area contributed by atoms with Crippen molar-refractivity contribution in [3.8, 4) is 0 Å². The average molecular weight is 232 g/mol. The summed E-state index contributed by atoms with van der Waals surface area (Å²) in [5, 5.41) is 20.7. The average Bonchev–Trinajstić information content (AvgIpc) is 2.31. The fourth-order valence-corrected chi connectivity index (χ4v) is 1.59. The molecule has 1 unspecified atom stereocenters. The number of unbranched alkanes of at least 4 members (excludes halogenated alkanes) is 4. The number of hydrogen-bond donors (Lipinski definition) is 4. The second-order valence-electron chi connectivity index (χ2n) is 4.33. The maximum atomic E-state index is 8.72. The third-order valence-electron chi connectivity index (χ3n) is 2.67. The highest BCUT2D eigenvalue weighted by atomic mass is 16.3. The zero-order chi connectivity index (χ0) is 12.1. The van der Waals surface area contributed by atoms with Gasteiger partial charge in [-0.15, -0.1) is 0 Å². The Balaban J connectivity index is 2.93. The molecule has 4 heteroatoms. The lowest BCUT2D eigenvalue weighted by Crippen LogP contribution is -2.24. The molecule has 0 amide bonds. The van der Waals surface area contributed by atoms with E-state index in [1.807, 2.05) is 0 Å². The zero-order valence-electron chi connectivity index (χ0n) is 10.3. The van der Waals surface area contributed by atoms with Gasteiger partial charge in [-0.3, -0.25) is 0 Å². The molecule has 0 heterocycles. The molecule has 0 aliphatic heterocycles. The summed E-state index contributed by atoms with van der Waals surface area (Å²) in [7, 11) is 0. The van der Waals surface area contributed by atoms with Crippen LogP contribution in [0.15, 0.2) is 0 Å². The van der Waals surface area contributed by atoms with Crippen molar-refractivity contribution in [3.05, 3.63) is 0 Å². The van der Waals surface area contributed by atoms with Crippen molar-refractivity contribution in [2.24, 2.45) is 5.73 Å². The van der Waals surface area contributed by atoms with Crippen molar-refractivity contribution in [3.63, 3.8) is 0 Å². The van der Waals surface area contributed by atoms with E-state index in [4.69, 9.17) is 15.9 Å². The SMILES string of the molecule is NC(CO)CCCCNCCCCCCO. The molecule has 0 aliphatic rings. The predicted octanol–water partition coefficient (Wildman–Crippen LogP) is 0.619. The molecule has 0 saturated heterocycles. The lowest BCUT2D eigenvalue weighted by atomic mass is 10.1. The van der Waals surface area contributed by atoms with Gasteiger partial charge in [-0.05, 0) is 38.8 Å². The van der Waals surface area contributed by atoms with Gasteiger partial charge in [0.1, 0.15) is 0 Å². The summed E-state index contributed by atoms with van der Waals surface area (Å²) in [6, 6.07) is -0.0431. The van der Waals surface area contributed by atoms with Crippen LogP contribution in [0.5, 0.6) is 0 Å². The van der Waals surface area contributed by atoms with Crippen LogP contribution in [-0.4, -0.2) is 42.6 Å². The maximum absolute atomic E-state index is 8.72. The zero-order valence-corrected chi connectivity index (χ0v) is 10.3. The van der Waals surface area contributed by atoms with Gasteiger partial charge < -0.3 is 21.3 Å². The highest BCUT2D eigenvalue weighted by Crippen LogP contribution is 1.99. The van der Waals surface area contributed by atoms with Crippen LogP contribution >= 0.6 is 0 Å². The molecular formula is C12H28N2O2. The standard InChI is InChI=1S/C12H28N2O2/c13-12(11-16)7-3-5-9-14-8-4-1-2-6-10-15/h12,14-16H,1-11,13H2. The summed E-state index contributed by atoms with van der Waals surface area (Å²) in [6.07, 6.45) is 7.57. The molecule has 0 fully saturated rings. The van der Waals surface area contributed by atoms with Crippen molar-refractivity contribution in [2.45, 2.75) is 51.0 Å². The number of nitrogens with one attached hydrogen (secondary N) is 1. The molecule has 0 aromatic heterocycles. The lowest BCUT2D eigenvalue weighted by molar-refractivity contribution is 0.257. The van der Waals surface area contributed by atoms with E-state index >= 15 is 0 Å². The maximum Gasteiger partial charge on any atom is 0.0582 e. The third kappa shape index (κ3) is 11.9. The van der Waals surface area contributed by atoms with E-state index in [1.54, 1.807) is 0 Å². The highest BCUT2D eigenvalue weighted by Gasteiger charge is 1.98. The van der Waals surface area contributed by atoms with Crippen molar-refractivity contribution in [2.75, 3.05) is 26.3 Å². The van der Waals surface area contributed by atoms with Crippen molar-refractivity contribution in [1.82, 2.24) is 5.32 Å². The molecule has 0 saturated carbocycles. The van der Waals surface area contributed by atoms with Gasteiger partial charge in [-0.2, -0.15) is 0 Å². The van der Waals surface area contributed by atoms with Crippen LogP contribution in [0.1, 0.15) is 44.9 Å². The molecule has 1 atom stereocenters. The number of rotatable bonds is 12. The van der Waals surface area contributed by atoms with Crippen LogP contribution in [0.4, 0.5) is 0 Å². The van der Waals surface area contributed by atoms with Crippen LogP contribution in [0.3, 0.4) is 0 Å². The quantitative estimate of drug-likeness (QED) is 0.372. The predicted molar refractivity (Wildman–Crippen MR) is 67.3 cm³/mol. The Morgan fingerprint density at radius 1 is 0.875 bits per heavy atom. The molecule has 4 nitrogen and oxygen atoms in total. The molecule has 0 spiro atoms. The number of nitrogens with two attached hydrogens (primary N) is 1. The van der Waals surface area contributed by atoms with Crippen LogP contribution in [0.25, 0.3) is 0 Å². The second-order valence-corrected chi connectivity index (χ2v) is 4.33. The van der Waals surface area contributed by atoms with E-state index in [0.29, 0.717) is 6.61 Å². The minimum absolute atomic E-state index is 0.0431. The Bertz CT molecular complexity index is 134. The van der Waals surface area contributed by atoms with Gasteiger partial charge in [0, 0.05) is 12.6 Å². The van der Waals surface area contributed by atoms with Crippen molar-refractivity contribution >= 4 is 0 Å². The number of aliphatic hydroxyl groups excluding tert-OH is 2. The first-order chi connectivity index (χ1) is 7.81. The first-order valence-electron chi connectivity index (χ1n) is 6.49. The van der Waals surface area contributed by atoms with Gasteiger partial charge in [-0.25, -0.2) is 0 Å². The molecule has 16 heavy (non-hydrogen) atoms. The molecule has 0 rings (SSSR count). The van der Waals surface area contributed by atoms with E-state index < -0.39 is 0 Å². The number of aliphatic hydroxyl groups is 2. The first-order valence-corrected chi connectivity index (χ1v) is 6.49. The van der Waals surface area contributed by atoms with Gasteiger partial charge in [0.15, 0.2) is 0 Å². The molecule has 5 N–H and O–H groups in total. The number of hydrogen-bond acceptors (Lipinski definition) is 4. The fraction of sp³-hybridized carbons (Fsp3) is 1.00. The molecular weight excluding hydrogens is 204 g/mol. The fourth-order valence-electron chi connectivity index (χ4n) is 1.59. The van der Waals surface area contributed by atoms with Crippen LogP contribution in [0, 0.1) is 0 Å². The molecule has 0 radical (unpaired) electrons. The summed E-state index contributed by atoms with van der Waals surface area (Å²) in [4.78, 5) is 0. The summed E-state index contributed by atoms with van der Waals surface area (Å²) >= 11 is 0. The molecule has 98 valence electrons. The summed E-state index contributed by atoms with van der Waals surface area (Å²) in [5.74, 6) is 0. The van der Waals surface area contributed by atoms with Gasteiger partial charge >= 0.3 is 0 Å². The summed E-state index contributed by atoms with van der Waals surface area (Å²) < 4.78 is 0. The minimum atomic E-state index is -0.0431. The Hall–Kier alpha value is -0.160. The van der Waals surface area contributed by atoms with Gasteiger partial charge in [0.2, 0.25) is 0 Å². The monoisotopic (exact) mass is 232 g/mol. The Kier molecular flexibility index (Phi) is 12.8. The lowest BCUT2D eigenvalue weighted by Gasteiger charge is -2.08. The van der Waals surface area contributed by atoms with Crippen LogP contribution in [-0.2, 0) is 0 Å². The van der Waals surface area contributed by atoms with E-state index in [2.05, 4.69) is 5.32 Å².